The van der Waals surface area contributed by atoms with Crippen LogP contribution in [0.4, 0.5) is 18.4 Å². The van der Waals surface area contributed by atoms with E-state index in [1.165, 1.54) is 35.0 Å². The van der Waals surface area contributed by atoms with Gasteiger partial charge in [0.1, 0.15) is 28.5 Å². The molecule has 17 nitrogen and oxygen atoms in total. The monoisotopic (exact) mass is 981 g/mol. The number of carbonyl (C=O) groups excluding carboxylic acids is 3. The molecule has 2 saturated heterocycles. The largest absolute Gasteiger partial charge is 0.476 e. The molecule has 0 spiro atoms. The number of hydrogen-bond donors (Lipinski definition) is 2. The number of halogens is 2. The Balaban J connectivity index is 0.000000194. The number of ether oxygens (including phenoxy) is 2. The van der Waals surface area contributed by atoms with Gasteiger partial charge in [-0.15, -0.1) is 0 Å². The Morgan fingerprint density at radius 1 is 0.662 bits per heavy atom. The molecule has 2 fully saturated rings. The summed E-state index contributed by atoms with van der Waals surface area (Å²) in [4.78, 5) is 62.5. The number of hydrogen-bond acceptors (Lipinski definition) is 11. The zero-order valence-corrected chi connectivity index (χ0v) is 42.7. The summed E-state index contributed by atoms with van der Waals surface area (Å²) in [6.45, 7) is 26.7. The van der Waals surface area contributed by atoms with Gasteiger partial charge in [0.25, 0.3) is 5.91 Å². The van der Waals surface area contributed by atoms with Crippen molar-refractivity contribution in [3.05, 3.63) is 107 Å². The molecule has 380 valence electrons. The van der Waals surface area contributed by atoms with Gasteiger partial charge >= 0.3 is 18.2 Å². The van der Waals surface area contributed by atoms with E-state index < -0.39 is 17.2 Å². The van der Waals surface area contributed by atoms with E-state index in [4.69, 9.17) is 14.6 Å². The summed E-state index contributed by atoms with van der Waals surface area (Å²) >= 11 is 0. The first-order chi connectivity index (χ1) is 33.3. The summed E-state index contributed by atoms with van der Waals surface area (Å²) in [5.41, 5.74) is 5.12. The Morgan fingerprint density at radius 3 is 1.51 bits per heavy atom. The molecular weight excluding hydrogens is 915 g/mol. The van der Waals surface area contributed by atoms with E-state index in [1.807, 2.05) is 74.4 Å². The van der Waals surface area contributed by atoms with Crippen LogP contribution < -0.4 is 5.32 Å². The van der Waals surface area contributed by atoms with Crippen LogP contribution in [0.2, 0.25) is 0 Å². The quantitative estimate of drug-likeness (QED) is 0.161. The summed E-state index contributed by atoms with van der Waals surface area (Å²) in [5.74, 6) is -1.64. The number of carbonyl (C=O) groups is 4. The third-order valence-corrected chi connectivity index (χ3v) is 11.4. The fraction of sp³-hybridized carbons (Fsp3) is 0.462. The number of benzene rings is 2. The predicted molar refractivity (Wildman–Crippen MR) is 265 cm³/mol. The summed E-state index contributed by atoms with van der Waals surface area (Å²) in [7, 11) is 0. The molecule has 0 bridgehead atoms. The first kappa shape index (κ1) is 53.3. The zero-order valence-electron chi connectivity index (χ0n) is 42.7. The molecule has 0 radical (unpaired) electrons. The van der Waals surface area contributed by atoms with Gasteiger partial charge in [-0.3, -0.25) is 4.79 Å². The van der Waals surface area contributed by atoms with Gasteiger partial charge < -0.3 is 34.6 Å². The van der Waals surface area contributed by atoms with Crippen LogP contribution in [0.3, 0.4) is 0 Å². The van der Waals surface area contributed by atoms with E-state index in [2.05, 4.69) is 46.3 Å². The molecule has 6 aromatic rings. The van der Waals surface area contributed by atoms with Gasteiger partial charge in [0.15, 0.2) is 17.0 Å². The highest BCUT2D eigenvalue weighted by Gasteiger charge is 2.34. The van der Waals surface area contributed by atoms with Crippen LogP contribution in [0, 0.1) is 11.6 Å². The van der Waals surface area contributed by atoms with Crippen LogP contribution in [0.25, 0.3) is 33.8 Å². The number of nitrogens with zero attached hydrogens (tertiary/aromatic N) is 9. The summed E-state index contributed by atoms with van der Waals surface area (Å²) in [6.07, 6.45) is 2.45. The lowest BCUT2D eigenvalue weighted by molar-refractivity contribution is 0.00605. The van der Waals surface area contributed by atoms with Crippen LogP contribution in [0.1, 0.15) is 127 Å². The highest BCUT2D eigenvalue weighted by atomic mass is 19.1. The fourth-order valence-electron chi connectivity index (χ4n) is 7.90. The average Bonchev–Trinajstić information content (AvgIpc) is 3.93. The highest BCUT2D eigenvalue weighted by molar-refractivity contribution is 5.93. The van der Waals surface area contributed by atoms with Gasteiger partial charge in [0, 0.05) is 73.6 Å². The minimum Gasteiger partial charge on any atom is -0.476 e. The lowest BCUT2D eigenvalue weighted by atomic mass is 10.0. The predicted octanol–water partition coefficient (Wildman–Crippen LogP) is 9.31. The maximum atomic E-state index is 13.4. The van der Waals surface area contributed by atoms with Gasteiger partial charge in [-0.1, -0.05) is 27.7 Å². The van der Waals surface area contributed by atoms with Gasteiger partial charge in [-0.2, -0.15) is 10.2 Å². The minimum absolute atomic E-state index is 0.0503. The Hall–Kier alpha value is -7.02. The van der Waals surface area contributed by atoms with Crippen molar-refractivity contribution in [1.29, 1.82) is 0 Å². The average molecular weight is 981 g/mol. The Labute approximate surface area is 413 Å². The van der Waals surface area contributed by atoms with Crippen molar-refractivity contribution in [1.82, 2.24) is 49.2 Å². The smallest absolute Gasteiger partial charge is 0.410 e. The number of piperazine rings is 2. The number of rotatable bonds is 6. The maximum absolute atomic E-state index is 13.4. The molecule has 71 heavy (non-hydrogen) atoms. The molecule has 3 amide bonds. The molecule has 8 rings (SSSR count). The number of carboxylic acid groups (broad SMARTS) is 1. The number of carboxylic acids is 1. The first-order valence-corrected chi connectivity index (χ1v) is 23.8. The van der Waals surface area contributed by atoms with Crippen LogP contribution in [0.5, 0.6) is 0 Å². The van der Waals surface area contributed by atoms with Crippen LogP contribution in [0.15, 0.2) is 73.1 Å². The molecule has 4 aromatic heterocycles. The number of amides is 3. The first-order valence-electron chi connectivity index (χ1n) is 23.8. The standard InChI is InChI=1S/C26H32FN5O3.C16H14FN3O2.C10H20N2O2/c1-16(2)20-13-21(18-7-9-19(27)10-8-18)29-32-15-22(28-23(20)32)24(33)31-12-11-30(14-17(31)3)25(34)35-26(4,5)6;1-9(2)12-7-13(10-3-5-11(17)6-4-10)19-20-8-14(16(21)22)18-15(12)20;1-8-7-12(6-5-11-8)9(13)14-10(2,3)4/h7-10,13,15-17H,11-12,14H2,1-6H3;3-9H,1-2H3,(H,21,22);8,11H,5-7H2,1-4H3/t17-;;8-/m0.0/s1. The van der Waals surface area contributed by atoms with Crippen molar-refractivity contribution in [3.63, 3.8) is 0 Å². The third kappa shape index (κ3) is 13.9. The maximum Gasteiger partial charge on any atom is 0.410 e. The van der Waals surface area contributed by atoms with Crippen molar-refractivity contribution >= 4 is 35.4 Å². The fourth-order valence-corrected chi connectivity index (χ4v) is 7.90. The van der Waals surface area contributed by atoms with Gasteiger partial charge in [0.05, 0.1) is 23.8 Å². The summed E-state index contributed by atoms with van der Waals surface area (Å²) in [6, 6.07) is 16.2. The third-order valence-electron chi connectivity index (χ3n) is 11.4. The minimum atomic E-state index is -1.09. The normalized spacial score (nSPS) is 16.4. The van der Waals surface area contributed by atoms with E-state index in [9.17, 15) is 28.0 Å². The van der Waals surface area contributed by atoms with E-state index in [0.29, 0.717) is 54.1 Å². The van der Waals surface area contributed by atoms with E-state index in [-0.39, 0.29) is 53.3 Å². The topological polar surface area (TPSA) is 189 Å². The molecule has 2 aromatic carbocycles. The number of fused-ring (bicyclic) bond motifs is 2. The molecule has 2 atom stereocenters. The molecule has 19 heteroatoms. The zero-order chi connectivity index (χ0) is 52.1. The molecular formula is C52H66F2N10O7. The van der Waals surface area contributed by atoms with Crippen LogP contribution in [-0.2, 0) is 9.47 Å². The van der Waals surface area contributed by atoms with Crippen molar-refractivity contribution < 1.29 is 42.5 Å². The van der Waals surface area contributed by atoms with Gasteiger partial charge in [0.2, 0.25) is 0 Å². The number of aromatic carboxylic acids is 1. The number of aromatic nitrogens is 6. The van der Waals surface area contributed by atoms with Gasteiger partial charge in [-0.25, -0.2) is 42.2 Å². The second-order valence-electron chi connectivity index (χ2n) is 20.4. The lowest BCUT2D eigenvalue weighted by Gasteiger charge is -2.39. The molecule has 2 N–H and O–H groups in total. The van der Waals surface area contributed by atoms with E-state index in [1.54, 1.807) is 49.7 Å². The SMILES string of the molecule is CC(C)c1cc(-c2ccc(F)cc2)nn2cc(C(=O)N3CCN(C(=O)OC(C)(C)C)C[C@@H]3C)nc12.CC(C)c1cc(-c2ccc(F)cc2)nn2cc(C(=O)O)nc12.C[C@H]1CN(C(=O)OC(C)(C)C)CCN1. The second-order valence-corrected chi connectivity index (χ2v) is 20.4. The van der Waals surface area contributed by atoms with Crippen LogP contribution >= 0.6 is 0 Å². The molecule has 6 heterocycles. The Bertz CT molecular complexity index is 2850. The molecule has 2 aliphatic heterocycles. The Morgan fingerprint density at radius 2 is 1.10 bits per heavy atom. The van der Waals surface area contributed by atoms with Crippen molar-refractivity contribution in [2.45, 2.75) is 118 Å². The highest BCUT2D eigenvalue weighted by Crippen LogP contribution is 2.28. The van der Waals surface area contributed by atoms with Gasteiger partial charge in [-0.05, 0) is 128 Å². The molecule has 0 unspecified atom stereocenters. The number of nitrogens with one attached hydrogen (secondary N) is 1. The van der Waals surface area contributed by atoms with Crippen molar-refractivity contribution in [3.8, 4) is 22.5 Å². The summed E-state index contributed by atoms with van der Waals surface area (Å²) in [5, 5.41) is 21.4. The molecule has 0 aliphatic carbocycles. The van der Waals surface area contributed by atoms with Crippen molar-refractivity contribution in [2.75, 3.05) is 39.3 Å². The van der Waals surface area contributed by atoms with Crippen molar-refractivity contribution in [2.24, 2.45) is 0 Å². The Kier molecular flexibility index (Phi) is 16.5. The molecule has 0 saturated carbocycles. The second kappa shape index (κ2) is 22.0. The number of imidazole rings is 2. The molecule has 2 aliphatic rings. The summed E-state index contributed by atoms with van der Waals surface area (Å²) < 4.78 is 40.3. The van der Waals surface area contributed by atoms with Crippen LogP contribution in [-0.4, -0.2) is 136 Å². The van der Waals surface area contributed by atoms with E-state index in [0.717, 1.165) is 41.9 Å². The lowest BCUT2D eigenvalue weighted by Crippen LogP contribution is -2.56. The van der Waals surface area contributed by atoms with E-state index >= 15 is 0 Å².